The minimum Gasteiger partial charge on any atom is -0.396 e. The van der Waals surface area contributed by atoms with E-state index in [9.17, 15) is 5.11 Å². The SMILES string of the molecule is CC1(C)CC(O)CC(C)(CN)C1.NCCc1ccc(CCO)cc1. The summed E-state index contributed by atoms with van der Waals surface area (Å²) in [6.45, 7) is 8.20. The van der Waals surface area contributed by atoms with E-state index in [2.05, 4.69) is 32.9 Å². The van der Waals surface area contributed by atoms with E-state index in [1.807, 2.05) is 12.1 Å². The Bertz CT molecular complexity index is 448. The molecule has 2 unspecified atom stereocenters. The molecule has 0 spiro atoms. The maximum Gasteiger partial charge on any atom is 0.0551 e. The molecule has 1 aliphatic rings. The molecule has 138 valence electrons. The predicted octanol–water partition coefficient (Wildman–Crippen LogP) is 2.25. The third-order valence-corrected chi connectivity index (χ3v) is 4.77. The van der Waals surface area contributed by atoms with Gasteiger partial charge in [0.2, 0.25) is 0 Å². The Hall–Kier alpha value is -0.940. The molecule has 0 aromatic heterocycles. The minimum absolute atomic E-state index is 0.151. The average Bonchev–Trinajstić information content (AvgIpc) is 2.48. The molecule has 0 bridgehead atoms. The van der Waals surface area contributed by atoms with Gasteiger partial charge in [0.15, 0.2) is 0 Å². The number of hydrogen-bond donors (Lipinski definition) is 4. The zero-order chi connectivity index (χ0) is 18.2. The number of aliphatic hydroxyl groups excluding tert-OH is 2. The summed E-state index contributed by atoms with van der Waals surface area (Å²) in [6.07, 6.45) is 4.44. The summed E-state index contributed by atoms with van der Waals surface area (Å²) >= 11 is 0. The second-order valence-corrected chi connectivity index (χ2v) is 8.25. The van der Waals surface area contributed by atoms with Crippen molar-refractivity contribution in [2.45, 2.75) is 59.0 Å². The molecule has 2 atom stereocenters. The van der Waals surface area contributed by atoms with Crippen molar-refractivity contribution in [1.29, 1.82) is 0 Å². The average molecular weight is 337 g/mol. The predicted molar refractivity (Wildman–Crippen MR) is 101 cm³/mol. The fraction of sp³-hybridized carbons (Fsp3) is 0.700. The van der Waals surface area contributed by atoms with Gasteiger partial charge < -0.3 is 21.7 Å². The van der Waals surface area contributed by atoms with E-state index in [4.69, 9.17) is 16.6 Å². The summed E-state index contributed by atoms with van der Waals surface area (Å²) in [6, 6.07) is 8.22. The summed E-state index contributed by atoms with van der Waals surface area (Å²) in [7, 11) is 0. The van der Waals surface area contributed by atoms with Gasteiger partial charge >= 0.3 is 0 Å². The van der Waals surface area contributed by atoms with Gasteiger partial charge in [0, 0.05) is 6.61 Å². The summed E-state index contributed by atoms with van der Waals surface area (Å²) in [5.41, 5.74) is 14.0. The maximum atomic E-state index is 9.66. The normalized spacial score (nSPS) is 25.7. The van der Waals surface area contributed by atoms with Crippen LogP contribution >= 0.6 is 0 Å². The van der Waals surface area contributed by atoms with Gasteiger partial charge in [0.25, 0.3) is 0 Å². The fourth-order valence-electron chi connectivity index (χ4n) is 3.90. The van der Waals surface area contributed by atoms with E-state index >= 15 is 0 Å². The van der Waals surface area contributed by atoms with Crippen LogP contribution in [0.1, 0.15) is 51.2 Å². The van der Waals surface area contributed by atoms with Gasteiger partial charge in [0.1, 0.15) is 0 Å². The molecule has 6 N–H and O–H groups in total. The number of benzene rings is 1. The van der Waals surface area contributed by atoms with Crippen LogP contribution < -0.4 is 11.5 Å². The van der Waals surface area contributed by atoms with E-state index < -0.39 is 0 Å². The Balaban J connectivity index is 0.000000240. The van der Waals surface area contributed by atoms with Gasteiger partial charge in [-0.1, -0.05) is 45.0 Å². The second kappa shape index (κ2) is 9.52. The first-order valence-corrected chi connectivity index (χ1v) is 9.00. The summed E-state index contributed by atoms with van der Waals surface area (Å²) in [5.74, 6) is 0. The monoisotopic (exact) mass is 336 g/mol. The van der Waals surface area contributed by atoms with Crippen molar-refractivity contribution in [2.75, 3.05) is 19.7 Å². The molecule has 4 nitrogen and oxygen atoms in total. The van der Waals surface area contributed by atoms with Crippen LogP contribution in [0.3, 0.4) is 0 Å². The van der Waals surface area contributed by atoms with Gasteiger partial charge in [-0.05, 0) is 67.2 Å². The van der Waals surface area contributed by atoms with Crippen molar-refractivity contribution in [3.05, 3.63) is 35.4 Å². The number of nitrogens with two attached hydrogens (primary N) is 2. The Morgan fingerprint density at radius 1 is 1.00 bits per heavy atom. The number of hydrogen-bond acceptors (Lipinski definition) is 4. The molecule has 24 heavy (non-hydrogen) atoms. The van der Waals surface area contributed by atoms with Crippen LogP contribution in [0, 0.1) is 10.8 Å². The van der Waals surface area contributed by atoms with Crippen LogP contribution in [-0.4, -0.2) is 36.0 Å². The van der Waals surface area contributed by atoms with Gasteiger partial charge in [-0.3, -0.25) is 0 Å². The third kappa shape index (κ3) is 7.31. The largest absolute Gasteiger partial charge is 0.396 e. The summed E-state index contributed by atoms with van der Waals surface area (Å²) in [5, 5.41) is 18.3. The first-order chi connectivity index (χ1) is 11.2. The lowest BCUT2D eigenvalue weighted by Crippen LogP contribution is -2.42. The zero-order valence-corrected chi connectivity index (χ0v) is 15.6. The van der Waals surface area contributed by atoms with Crippen LogP contribution in [0.15, 0.2) is 24.3 Å². The van der Waals surface area contributed by atoms with Gasteiger partial charge in [-0.2, -0.15) is 0 Å². The third-order valence-electron chi connectivity index (χ3n) is 4.77. The highest BCUT2D eigenvalue weighted by Crippen LogP contribution is 2.45. The quantitative estimate of drug-likeness (QED) is 0.663. The Morgan fingerprint density at radius 2 is 1.54 bits per heavy atom. The van der Waals surface area contributed by atoms with Gasteiger partial charge in [0.05, 0.1) is 6.10 Å². The minimum atomic E-state index is -0.151. The van der Waals surface area contributed by atoms with E-state index in [1.54, 1.807) is 0 Å². The molecule has 0 radical (unpaired) electrons. The molecule has 1 aromatic rings. The van der Waals surface area contributed by atoms with Crippen LogP contribution in [0.2, 0.25) is 0 Å². The molecule has 1 aliphatic carbocycles. The Labute approximate surface area is 147 Å². The van der Waals surface area contributed by atoms with Gasteiger partial charge in [-0.25, -0.2) is 0 Å². The molecule has 4 heteroatoms. The van der Waals surface area contributed by atoms with Crippen molar-refractivity contribution in [3.8, 4) is 0 Å². The summed E-state index contributed by atoms with van der Waals surface area (Å²) in [4.78, 5) is 0. The van der Waals surface area contributed by atoms with Crippen LogP contribution in [0.25, 0.3) is 0 Å². The molecule has 1 saturated carbocycles. The zero-order valence-electron chi connectivity index (χ0n) is 15.6. The van der Waals surface area contributed by atoms with E-state index in [-0.39, 0.29) is 23.5 Å². The molecule has 2 rings (SSSR count). The Kier molecular flexibility index (Phi) is 8.37. The lowest BCUT2D eigenvalue weighted by molar-refractivity contribution is -0.00501. The number of rotatable bonds is 5. The standard InChI is InChI=1S/C10H21NO.C10H15NO/c1-9(2)4-8(12)5-10(3,6-9)7-11;11-7-5-9-1-3-10(4-2-9)6-8-12/h8,12H,4-7,11H2,1-3H3;1-4,12H,5-8,11H2. The first-order valence-electron chi connectivity index (χ1n) is 9.00. The van der Waals surface area contributed by atoms with Crippen LogP contribution in [-0.2, 0) is 12.8 Å². The first kappa shape index (κ1) is 21.1. The topological polar surface area (TPSA) is 92.5 Å². The molecule has 0 heterocycles. The van der Waals surface area contributed by atoms with Crippen molar-refractivity contribution in [1.82, 2.24) is 0 Å². The van der Waals surface area contributed by atoms with Crippen molar-refractivity contribution in [2.24, 2.45) is 22.3 Å². The lowest BCUT2D eigenvalue weighted by atomic mass is 9.63. The van der Waals surface area contributed by atoms with Gasteiger partial charge in [-0.15, -0.1) is 0 Å². The summed E-state index contributed by atoms with van der Waals surface area (Å²) < 4.78 is 0. The fourth-order valence-corrected chi connectivity index (χ4v) is 3.90. The highest BCUT2D eigenvalue weighted by molar-refractivity contribution is 5.22. The Morgan fingerprint density at radius 3 is 1.96 bits per heavy atom. The molecule has 0 saturated heterocycles. The van der Waals surface area contributed by atoms with Crippen molar-refractivity contribution < 1.29 is 10.2 Å². The van der Waals surface area contributed by atoms with E-state index in [1.165, 1.54) is 11.1 Å². The van der Waals surface area contributed by atoms with Crippen LogP contribution in [0.4, 0.5) is 0 Å². The van der Waals surface area contributed by atoms with Crippen LogP contribution in [0.5, 0.6) is 0 Å². The molecular weight excluding hydrogens is 300 g/mol. The smallest absolute Gasteiger partial charge is 0.0551 e. The lowest BCUT2D eigenvalue weighted by Gasteiger charge is -2.44. The molecule has 0 amide bonds. The highest BCUT2D eigenvalue weighted by atomic mass is 16.3. The van der Waals surface area contributed by atoms with Crippen molar-refractivity contribution in [3.63, 3.8) is 0 Å². The molecular formula is C20H36N2O2. The molecule has 1 fully saturated rings. The van der Waals surface area contributed by atoms with E-state index in [0.29, 0.717) is 13.1 Å². The molecule has 1 aromatic carbocycles. The highest BCUT2D eigenvalue weighted by Gasteiger charge is 2.39. The molecule has 0 aliphatic heterocycles. The number of aliphatic hydroxyl groups is 2. The van der Waals surface area contributed by atoms with Crippen molar-refractivity contribution >= 4 is 0 Å². The maximum absolute atomic E-state index is 9.66. The second-order valence-electron chi connectivity index (χ2n) is 8.25. The van der Waals surface area contributed by atoms with E-state index in [0.717, 1.165) is 32.1 Å².